The van der Waals surface area contributed by atoms with Crippen molar-refractivity contribution in [1.82, 2.24) is 4.90 Å². The highest BCUT2D eigenvalue weighted by atomic mass is 32.2. The van der Waals surface area contributed by atoms with E-state index in [0.29, 0.717) is 17.1 Å². The molecule has 2 aromatic carbocycles. The van der Waals surface area contributed by atoms with Gasteiger partial charge in [0.25, 0.3) is 5.91 Å². The zero-order valence-electron chi connectivity index (χ0n) is 18.7. The van der Waals surface area contributed by atoms with E-state index in [0.717, 1.165) is 29.5 Å². The molecule has 1 amide bonds. The van der Waals surface area contributed by atoms with Gasteiger partial charge in [0.1, 0.15) is 10.1 Å². The fourth-order valence-corrected chi connectivity index (χ4v) is 4.94. The lowest BCUT2D eigenvalue weighted by atomic mass is 10.1. The van der Waals surface area contributed by atoms with Gasteiger partial charge in [0, 0.05) is 0 Å². The number of hydrogen-bond donors (Lipinski definition) is 1. The van der Waals surface area contributed by atoms with E-state index in [1.807, 2.05) is 24.3 Å². The maximum absolute atomic E-state index is 13.0. The molecule has 0 aromatic heterocycles. The largest absolute Gasteiger partial charge is 0.494 e. The van der Waals surface area contributed by atoms with Crippen molar-refractivity contribution in [1.29, 1.82) is 0 Å². The van der Waals surface area contributed by atoms with Gasteiger partial charge in [-0.15, -0.1) is 0 Å². The highest BCUT2D eigenvalue weighted by Crippen LogP contribution is 2.38. The first-order chi connectivity index (χ1) is 16.0. The van der Waals surface area contributed by atoms with E-state index in [4.69, 9.17) is 17.0 Å². The number of thioether (sulfide) groups is 1. The average molecular weight is 484 g/mol. The van der Waals surface area contributed by atoms with Crippen molar-refractivity contribution in [3.05, 3.63) is 70.6 Å². The maximum atomic E-state index is 13.0. The molecule has 1 aliphatic rings. The molecule has 3 rings (SSSR count). The topological polar surface area (TPSA) is 66.8 Å². The lowest BCUT2D eigenvalue weighted by molar-refractivity contribution is -0.145. The second-order valence-electron chi connectivity index (χ2n) is 7.89. The van der Waals surface area contributed by atoms with Crippen molar-refractivity contribution in [3.63, 3.8) is 0 Å². The van der Waals surface area contributed by atoms with Crippen LogP contribution in [0.1, 0.15) is 62.6 Å². The molecule has 1 saturated heterocycles. The van der Waals surface area contributed by atoms with Gasteiger partial charge in [0.2, 0.25) is 0 Å². The zero-order chi connectivity index (χ0) is 23.6. The van der Waals surface area contributed by atoms with Gasteiger partial charge in [-0.05, 0) is 35.8 Å². The minimum Gasteiger partial charge on any atom is -0.494 e. The number of aliphatic carboxylic acids is 1. The summed E-state index contributed by atoms with van der Waals surface area (Å²) in [4.78, 5) is 26.6. The Hall–Kier alpha value is -2.64. The number of nitrogens with zero attached hydrogens (tertiary/aromatic N) is 1. The van der Waals surface area contributed by atoms with Gasteiger partial charge < -0.3 is 9.84 Å². The first kappa shape index (κ1) is 25.0. The smallest absolute Gasteiger partial charge is 0.331 e. The van der Waals surface area contributed by atoms with Crippen molar-refractivity contribution < 1.29 is 19.4 Å². The molecule has 0 bridgehead atoms. The molecule has 0 radical (unpaired) electrons. The second-order valence-corrected chi connectivity index (χ2v) is 9.56. The molecule has 1 aliphatic heterocycles. The fraction of sp³-hybridized carbons (Fsp3) is 0.346. The molecule has 5 nitrogen and oxygen atoms in total. The Morgan fingerprint density at radius 3 is 2.39 bits per heavy atom. The Kier molecular flexibility index (Phi) is 9.51. The Morgan fingerprint density at radius 2 is 1.73 bits per heavy atom. The van der Waals surface area contributed by atoms with Crippen LogP contribution in [0.5, 0.6) is 5.75 Å². The number of unbranched alkanes of at least 4 members (excludes halogenated alkanes) is 5. The maximum Gasteiger partial charge on any atom is 0.331 e. The number of rotatable bonds is 12. The molecule has 2 aromatic rings. The predicted molar refractivity (Wildman–Crippen MR) is 137 cm³/mol. The Balaban J connectivity index is 1.61. The standard InChI is InChI=1S/C26H29NO4S2/c1-2-3-4-5-6-10-17-31-21-15-13-19(14-16-21)18-22-24(28)27(26(32)33-22)23(25(29)30)20-11-8-7-9-12-20/h7-9,11-16,18,23H,2-6,10,17H2,1H3,(H,29,30)/b22-18+/t23-/m0/s1. The molecule has 1 N–H and O–H groups in total. The van der Waals surface area contributed by atoms with Crippen LogP contribution in [0.4, 0.5) is 0 Å². The molecule has 0 spiro atoms. The summed E-state index contributed by atoms with van der Waals surface area (Å²) in [5.74, 6) is -0.724. The molecule has 1 heterocycles. The molecule has 0 saturated carbocycles. The van der Waals surface area contributed by atoms with E-state index in [-0.39, 0.29) is 4.32 Å². The second kappa shape index (κ2) is 12.6. The van der Waals surface area contributed by atoms with E-state index >= 15 is 0 Å². The van der Waals surface area contributed by atoms with Gasteiger partial charge in [-0.2, -0.15) is 0 Å². The Morgan fingerprint density at radius 1 is 1.06 bits per heavy atom. The van der Waals surface area contributed by atoms with E-state index in [1.165, 1.54) is 37.0 Å². The molecular formula is C26H29NO4S2. The summed E-state index contributed by atoms with van der Waals surface area (Å²) in [6.07, 6.45) is 9.04. The summed E-state index contributed by atoms with van der Waals surface area (Å²) in [5, 5.41) is 9.78. The molecule has 174 valence electrons. The van der Waals surface area contributed by atoms with Crippen LogP contribution in [0.15, 0.2) is 59.5 Å². The van der Waals surface area contributed by atoms with Crippen LogP contribution in [-0.2, 0) is 9.59 Å². The summed E-state index contributed by atoms with van der Waals surface area (Å²) < 4.78 is 6.05. The normalized spacial score (nSPS) is 15.8. The number of hydrogen-bond acceptors (Lipinski definition) is 5. The summed E-state index contributed by atoms with van der Waals surface area (Å²) >= 11 is 6.48. The van der Waals surface area contributed by atoms with E-state index in [9.17, 15) is 14.7 Å². The molecular weight excluding hydrogens is 454 g/mol. The van der Waals surface area contributed by atoms with Crippen LogP contribution in [0.3, 0.4) is 0 Å². The van der Waals surface area contributed by atoms with Gasteiger partial charge in [-0.1, -0.05) is 105 Å². The van der Waals surface area contributed by atoms with E-state index in [2.05, 4.69) is 6.92 Å². The summed E-state index contributed by atoms with van der Waals surface area (Å²) in [6.45, 7) is 2.91. The van der Waals surface area contributed by atoms with Crippen molar-refractivity contribution in [2.75, 3.05) is 6.61 Å². The number of thiocarbonyl (C=S) groups is 1. The first-order valence-electron chi connectivity index (χ1n) is 11.3. The predicted octanol–water partition coefficient (Wildman–Crippen LogP) is 6.45. The lowest BCUT2D eigenvalue weighted by Gasteiger charge is -2.23. The molecule has 1 atom stereocenters. The number of carboxylic acid groups (broad SMARTS) is 1. The molecule has 7 heteroatoms. The number of carboxylic acids is 1. The molecule has 0 aliphatic carbocycles. The van der Waals surface area contributed by atoms with Gasteiger partial charge in [0.15, 0.2) is 6.04 Å². The van der Waals surface area contributed by atoms with E-state index < -0.39 is 17.9 Å². The summed E-state index contributed by atoms with van der Waals surface area (Å²) in [6, 6.07) is 15.0. The van der Waals surface area contributed by atoms with Gasteiger partial charge in [0.05, 0.1) is 11.5 Å². The Labute approximate surface area is 204 Å². The van der Waals surface area contributed by atoms with E-state index in [1.54, 1.807) is 36.4 Å². The van der Waals surface area contributed by atoms with Crippen LogP contribution < -0.4 is 4.74 Å². The van der Waals surface area contributed by atoms with Crippen LogP contribution in [0, 0.1) is 0 Å². The number of benzene rings is 2. The fourth-order valence-electron chi connectivity index (χ4n) is 3.62. The third-order valence-electron chi connectivity index (χ3n) is 5.38. The third kappa shape index (κ3) is 6.92. The summed E-state index contributed by atoms with van der Waals surface area (Å²) in [7, 11) is 0. The van der Waals surface area contributed by atoms with Gasteiger partial charge in [-0.25, -0.2) is 4.79 Å². The lowest BCUT2D eigenvalue weighted by Crippen LogP contribution is -2.37. The minimum atomic E-state index is -1.15. The molecule has 33 heavy (non-hydrogen) atoms. The molecule has 0 unspecified atom stereocenters. The SMILES string of the molecule is CCCCCCCCOc1ccc(/C=C2/SC(=S)N([C@H](C(=O)O)c3ccccc3)C2=O)cc1. The zero-order valence-corrected chi connectivity index (χ0v) is 20.4. The van der Waals surface area contributed by atoms with Crippen molar-refractivity contribution in [2.45, 2.75) is 51.5 Å². The quantitative estimate of drug-likeness (QED) is 0.212. The van der Waals surface area contributed by atoms with Crippen LogP contribution in [-0.4, -0.2) is 32.8 Å². The van der Waals surface area contributed by atoms with Crippen LogP contribution in [0.2, 0.25) is 0 Å². The Bertz CT molecular complexity index is 989. The highest BCUT2D eigenvalue weighted by molar-refractivity contribution is 8.26. The third-order valence-corrected chi connectivity index (χ3v) is 6.71. The van der Waals surface area contributed by atoms with Crippen molar-refractivity contribution in [2.24, 2.45) is 0 Å². The average Bonchev–Trinajstić information content (AvgIpc) is 3.08. The first-order valence-corrected chi connectivity index (χ1v) is 12.5. The van der Waals surface area contributed by atoms with Crippen molar-refractivity contribution in [3.8, 4) is 5.75 Å². The molecule has 1 fully saturated rings. The monoisotopic (exact) mass is 483 g/mol. The van der Waals surface area contributed by atoms with Gasteiger partial charge in [-0.3, -0.25) is 9.69 Å². The van der Waals surface area contributed by atoms with Crippen LogP contribution in [0.25, 0.3) is 6.08 Å². The van der Waals surface area contributed by atoms with Crippen molar-refractivity contribution >= 4 is 46.3 Å². The minimum absolute atomic E-state index is 0.237. The van der Waals surface area contributed by atoms with Gasteiger partial charge >= 0.3 is 5.97 Å². The highest BCUT2D eigenvalue weighted by Gasteiger charge is 2.41. The van der Waals surface area contributed by atoms with Crippen LogP contribution >= 0.6 is 24.0 Å². The number of carbonyl (C=O) groups is 2. The number of ether oxygens (including phenoxy) is 1. The number of carbonyl (C=O) groups excluding carboxylic acids is 1. The number of amides is 1. The summed E-state index contributed by atoms with van der Waals surface area (Å²) in [5.41, 5.74) is 1.34.